The van der Waals surface area contributed by atoms with Gasteiger partial charge in [-0.1, -0.05) is 0 Å². The van der Waals surface area contributed by atoms with Crippen LogP contribution in [0.4, 0.5) is 10.2 Å². The lowest BCUT2D eigenvalue weighted by molar-refractivity contribution is 0.219. The summed E-state index contributed by atoms with van der Waals surface area (Å²) in [6.07, 6.45) is 4.69. The number of halogens is 2. The molecule has 1 unspecified atom stereocenters. The molecule has 1 aromatic heterocycles. The van der Waals surface area contributed by atoms with E-state index < -0.39 is 11.9 Å². The monoisotopic (exact) mass is 519 g/mol. The molecule has 2 aromatic rings. The van der Waals surface area contributed by atoms with Crippen LogP contribution >= 0.6 is 15.9 Å². The van der Waals surface area contributed by atoms with E-state index in [0.717, 1.165) is 12.5 Å². The molecule has 1 atom stereocenters. The zero-order valence-corrected chi connectivity index (χ0v) is 20.2. The SMILES string of the molecule is CCN/C=C(\C=N)C/C(=C/O)C(=N)c1ccc(F)cc1C(C)Oc1cc(Br)cnc1NOC. The molecule has 1 aromatic carbocycles. The molecule has 0 aliphatic carbocycles. The molecular weight excluding hydrogens is 493 g/mol. The van der Waals surface area contributed by atoms with E-state index in [1.807, 2.05) is 6.92 Å². The van der Waals surface area contributed by atoms with Crippen LogP contribution < -0.4 is 15.5 Å². The second kappa shape index (κ2) is 12.7. The maximum atomic E-state index is 14.2. The van der Waals surface area contributed by atoms with Crippen molar-refractivity contribution < 1.29 is 19.1 Å². The lowest BCUT2D eigenvalue weighted by Gasteiger charge is -2.21. The van der Waals surface area contributed by atoms with Crippen molar-refractivity contribution in [2.75, 3.05) is 19.1 Å². The van der Waals surface area contributed by atoms with E-state index in [9.17, 15) is 9.50 Å². The largest absolute Gasteiger partial charge is 0.515 e. The Hall–Kier alpha value is -3.24. The van der Waals surface area contributed by atoms with E-state index in [1.54, 1.807) is 25.4 Å². The number of anilines is 1. The Labute approximate surface area is 200 Å². The molecule has 8 nitrogen and oxygen atoms in total. The lowest BCUT2D eigenvalue weighted by Crippen LogP contribution is -2.15. The zero-order valence-electron chi connectivity index (χ0n) is 18.6. The number of hydrogen-bond acceptors (Lipinski definition) is 8. The minimum absolute atomic E-state index is 0.00481. The molecule has 0 spiro atoms. The van der Waals surface area contributed by atoms with Crippen molar-refractivity contribution in [3.63, 3.8) is 0 Å². The van der Waals surface area contributed by atoms with E-state index in [0.29, 0.717) is 39.3 Å². The second-order valence-electron chi connectivity index (χ2n) is 6.93. The van der Waals surface area contributed by atoms with Crippen LogP contribution in [0.2, 0.25) is 0 Å². The molecule has 0 radical (unpaired) electrons. The third-order valence-corrected chi connectivity index (χ3v) is 5.02. The molecule has 1 heterocycles. The number of allylic oxidation sites excluding steroid dienone is 2. The number of nitrogens with one attached hydrogen (secondary N) is 4. The van der Waals surface area contributed by atoms with Gasteiger partial charge in [0.1, 0.15) is 11.9 Å². The molecule has 10 heteroatoms. The van der Waals surface area contributed by atoms with Crippen molar-refractivity contribution in [2.45, 2.75) is 26.4 Å². The summed E-state index contributed by atoms with van der Waals surface area (Å²) in [5.41, 5.74) is 4.28. The molecule has 5 N–H and O–H groups in total. The van der Waals surface area contributed by atoms with Crippen LogP contribution in [0.5, 0.6) is 5.75 Å². The first kappa shape index (κ1) is 26.0. The third kappa shape index (κ3) is 7.13. The number of benzene rings is 1. The van der Waals surface area contributed by atoms with Gasteiger partial charge in [-0.05, 0) is 59.6 Å². The summed E-state index contributed by atoms with van der Waals surface area (Å²) in [6.45, 7) is 4.32. The zero-order chi connectivity index (χ0) is 24.4. The Morgan fingerprint density at radius 1 is 1.36 bits per heavy atom. The maximum absolute atomic E-state index is 14.2. The lowest BCUT2D eigenvalue weighted by atomic mass is 9.92. The number of hydrogen-bond donors (Lipinski definition) is 5. The van der Waals surface area contributed by atoms with Gasteiger partial charge in [0, 0.05) is 52.7 Å². The Bertz CT molecular complexity index is 1060. The first-order valence-corrected chi connectivity index (χ1v) is 10.9. The van der Waals surface area contributed by atoms with Crippen LogP contribution in [-0.4, -0.2) is 35.7 Å². The van der Waals surface area contributed by atoms with E-state index in [2.05, 4.69) is 31.7 Å². The topological polar surface area (TPSA) is 123 Å². The Kier molecular flexibility index (Phi) is 10.0. The number of pyridine rings is 1. The van der Waals surface area contributed by atoms with Crippen LogP contribution in [0, 0.1) is 16.6 Å². The molecule has 2 rings (SSSR count). The van der Waals surface area contributed by atoms with Gasteiger partial charge < -0.3 is 20.6 Å². The summed E-state index contributed by atoms with van der Waals surface area (Å²) >= 11 is 3.35. The maximum Gasteiger partial charge on any atom is 0.192 e. The van der Waals surface area contributed by atoms with Crippen molar-refractivity contribution in [3.05, 3.63) is 75.5 Å². The highest BCUT2D eigenvalue weighted by atomic mass is 79.9. The van der Waals surface area contributed by atoms with Gasteiger partial charge in [0.15, 0.2) is 11.6 Å². The minimum atomic E-state index is -0.677. The number of ether oxygens (including phenoxy) is 1. The van der Waals surface area contributed by atoms with E-state index in [-0.39, 0.29) is 17.7 Å². The molecular formula is C23H27BrFN5O3. The third-order valence-electron chi connectivity index (χ3n) is 4.59. The molecule has 0 saturated heterocycles. The van der Waals surface area contributed by atoms with Crippen LogP contribution in [-0.2, 0) is 4.84 Å². The molecule has 176 valence electrons. The van der Waals surface area contributed by atoms with E-state index in [1.165, 1.54) is 25.3 Å². The molecule has 0 aliphatic rings. The average molecular weight is 520 g/mol. The highest BCUT2D eigenvalue weighted by molar-refractivity contribution is 9.10. The van der Waals surface area contributed by atoms with E-state index >= 15 is 0 Å². The number of nitrogens with zero attached hydrogens (tertiary/aromatic N) is 1. The van der Waals surface area contributed by atoms with Gasteiger partial charge in [-0.15, -0.1) is 0 Å². The highest BCUT2D eigenvalue weighted by Crippen LogP contribution is 2.32. The predicted molar refractivity (Wildman–Crippen MR) is 131 cm³/mol. The molecule has 0 bridgehead atoms. The van der Waals surface area contributed by atoms with Gasteiger partial charge in [0.25, 0.3) is 0 Å². The van der Waals surface area contributed by atoms with Crippen molar-refractivity contribution in [2.24, 2.45) is 0 Å². The van der Waals surface area contributed by atoms with Gasteiger partial charge in [-0.3, -0.25) is 10.2 Å². The first-order valence-electron chi connectivity index (χ1n) is 10.1. The van der Waals surface area contributed by atoms with E-state index in [4.69, 9.17) is 20.4 Å². The molecule has 0 amide bonds. The summed E-state index contributed by atoms with van der Waals surface area (Å²) in [4.78, 5) is 9.13. The summed E-state index contributed by atoms with van der Waals surface area (Å²) in [5, 5.41) is 29.1. The predicted octanol–water partition coefficient (Wildman–Crippen LogP) is 5.44. The Morgan fingerprint density at radius 2 is 2.12 bits per heavy atom. The van der Waals surface area contributed by atoms with Crippen LogP contribution in [0.15, 0.2) is 58.5 Å². The standard InChI is InChI=1S/C23H27BrFN5O3/c1-4-28-11-15(10-26)7-16(13-31)22(27)19-6-5-18(25)9-20(19)14(2)33-21-8-17(24)12-29-23(21)30-32-3/h5-6,8-14,26-28,31H,4,7H2,1-3H3,(H,29,30)/b15-11-,16-13-,26-10?,27-22?. The molecule has 0 fully saturated rings. The number of rotatable bonds is 12. The minimum Gasteiger partial charge on any atom is -0.515 e. The fourth-order valence-corrected chi connectivity index (χ4v) is 3.31. The average Bonchev–Trinajstić information content (AvgIpc) is 2.80. The van der Waals surface area contributed by atoms with Gasteiger partial charge in [0.05, 0.1) is 19.1 Å². The van der Waals surface area contributed by atoms with Gasteiger partial charge in [0.2, 0.25) is 0 Å². The molecule has 0 saturated carbocycles. The summed E-state index contributed by atoms with van der Waals surface area (Å²) < 4.78 is 20.9. The van der Waals surface area contributed by atoms with Crippen LogP contribution in [0.25, 0.3) is 0 Å². The van der Waals surface area contributed by atoms with Crippen LogP contribution in [0.1, 0.15) is 37.5 Å². The van der Waals surface area contributed by atoms with Crippen molar-refractivity contribution in [1.82, 2.24) is 10.3 Å². The second-order valence-corrected chi connectivity index (χ2v) is 7.84. The van der Waals surface area contributed by atoms with Gasteiger partial charge in [-0.25, -0.2) is 14.9 Å². The summed E-state index contributed by atoms with van der Waals surface area (Å²) in [5.74, 6) is 0.208. The van der Waals surface area contributed by atoms with Crippen molar-refractivity contribution in [1.29, 1.82) is 10.8 Å². The fraction of sp³-hybridized carbons (Fsp3) is 0.261. The normalized spacial score (nSPS) is 12.8. The Morgan fingerprint density at radius 3 is 2.76 bits per heavy atom. The Balaban J connectivity index is 2.39. The van der Waals surface area contributed by atoms with Crippen molar-refractivity contribution in [3.8, 4) is 5.75 Å². The fourth-order valence-electron chi connectivity index (χ4n) is 3.00. The van der Waals surface area contributed by atoms with Crippen molar-refractivity contribution >= 4 is 33.7 Å². The molecule has 33 heavy (non-hydrogen) atoms. The van der Waals surface area contributed by atoms with Gasteiger partial charge in [-0.2, -0.15) is 0 Å². The summed E-state index contributed by atoms with van der Waals surface area (Å²) in [6, 6.07) is 5.71. The number of aromatic nitrogens is 1. The smallest absolute Gasteiger partial charge is 0.192 e. The van der Waals surface area contributed by atoms with Crippen LogP contribution in [0.3, 0.4) is 0 Å². The summed E-state index contributed by atoms with van der Waals surface area (Å²) in [7, 11) is 1.44. The first-order chi connectivity index (χ1) is 15.8. The quantitative estimate of drug-likeness (QED) is 0.144. The number of aliphatic hydroxyl groups excluding tert-OH is 1. The highest BCUT2D eigenvalue weighted by Gasteiger charge is 2.21. The molecule has 0 aliphatic heterocycles. The number of aliphatic hydroxyl groups is 1. The van der Waals surface area contributed by atoms with Gasteiger partial charge >= 0.3 is 0 Å².